The molecule has 2 heteroatoms. The minimum atomic E-state index is 0.678. The van der Waals surface area contributed by atoms with Gasteiger partial charge >= 0.3 is 0 Å². The Morgan fingerprint density at radius 3 is 2.47 bits per heavy atom. The number of nitrogens with zero attached hydrogens (tertiary/aromatic N) is 1. The summed E-state index contributed by atoms with van der Waals surface area (Å²) in [4.78, 5) is 0. The summed E-state index contributed by atoms with van der Waals surface area (Å²) in [5.41, 5.74) is 2.67. The van der Waals surface area contributed by atoms with Gasteiger partial charge in [0.05, 0.1) is 5.69 Å². The minimum absolute atomic E-state index is 0.678. The van der Waals surface area contributed by atoms with Crippen LogP contribution in [0.3, 0.4) is 0 Å². The normalized spacial score (nSPS) is 18.3. The van der Waals surface area contributed by atoms with Crippen LogP contribution < -0.4 is 0 Å². The molecule has 1 saturated carbocycles. The number of hydrogen-bond acceptors (Lipinski definition) is 2. The van der Waals surface area contributed by atoms with Crippen LogP contribution in [-0.4, -0.2) is 5.16 Å². The first-order valence-corrected chi connectivity index (χ1v) is 6.34. The molecular formula is C13H21NO. The van der Waals surface area contributed by atoms with Gasteiger partial charge in [-0.2, -0.15) is 0 Å². The summed E-state index contributed by atoms with van der Waals surface area (Å²) in [6.07, 6.45) is 8.79. The average Bonchev–Trinajstić information content (AvgIpc) is 2.72. The van der Waals surface area contributed by atoms with E-state index in [1.807, 2.05) is 0 Å². The van der Waals surface area contributed by atoms with E-state index in [0.29, 0.717) is 5.92 Å². The van der Waals surface area contributed by atoms with E-state index >= 15 is 0 Å². The summed E-state index contributed by atoms with van der Waals surface area (Å²) in [7, 11) is 0. The summed E-state index contributed by atoms with van der Waals surface area (Å²) >= 11 is 0. The highest BCUT2D eigenvalue weighted by atomic mass is 16.5. The minimum Gasteiger partial charge on any atom is -0.361 e. The summed E-state index contributed by atoms with van der Waals surface area (Å²) in [5, 5.41) is 4.31. The number of hydrogen-bond donors (Lipinski definition) is 0. The van der Waals surface area contributed by atoms with Crippen LogP contribution in [0.2, 0.25) is 0 Å². The van der Waals surface area contributed by atoms with Crippen LogP contribution in [0.5, 0.6) is 0 Å². The predicted molar refractivity (Wildman–Crippen MR) is 61.1 cm³/mol. The molecule has 0 amide bonds. The summed E-state index contributed by atoms with van der Waals surface area (Å²) < 4.78 is 5.44. The fourth-order valence-electron chi connectivity index (χ4n) is 2.71. The van der Waals surface area contributed by atoms with Crippen LogP contribution in [0.1, 0.15) is 68.9 Å². The lowest BCUT2D eigenvalue weighted by Crippen LogP contribution is -2.07. The van der Waals surface area contributed by atoms with Crippen LogP contribution in [0.25, 0.3) is 0 Å². The topological polar surface area (TPSA) is 26.0 Å². The smallest absolute Gasteiger partial charge is 0.139 e. The van der Waals surface area contributed by atoms with Crippen molar-refractivity contribution in [3.05, 3.63) is 17.0 Å². The molecule has 0 atom stereocenters. The first-order chi connectivity index (χ1) is 7.36. The molecule has 15 heavy (non-hydrogen) atoms. The third-order valence-corrected chi connectivity index (χ3v) is 3.57. The average molecular weight is 207 g/mol. The lowest BCUT2D eigenvalue weighted by molar-refractivity contribution is 0.360. The lowest BCUT2D eigenvalue weighted by Gasteiger charge is -2.20. The van der Waals surface area contributed by atoms with Crippen molar-refractivity contribution in [1.82, 2.24) is 5.16 Å². The van der Waals surface area contributed by atoms with E-state index in [1.165, 1.54) is 43.4 Å². The zero-order chi connectivity index (χ0) is 10.7. The second-order valence-electron chi connectivity index (χ2n) is 4.51. The molecule has 2 rings (SSSR count). The first-order valence-electron chi connectivity index (χ1n) is 6.34. The molecule has 1 aromatic rings. The van der Waals surface area contributed by atoms with Crippen molar-refractivity contribution in [3.8, 4) is 0 Å². The van der Waals surface area contributed by atoms with Gasteiger partial charge in [-0.05, 0) is 19.3 Å². The van der Waals surface area contributed by atoms with Crippen LogP contribution >= 0.6 is 0 Å². The molecule has 1 aliphatic carbocycles. The van der Waals surface area contributed by atoms with E-state index in [0.717, 1.165) is 18.6 Å². The Balaban J connectivity index is 2.22. The van der Waals surface area contributed by atoms with Crippen LogP contribution in [0.4, 0.5) is 0 Å². The fraction of sp³-hybridized carbons (Fsp3) is 0.769. The van der Waals surface area contributed by atoms with Gasteiger partial charge in [0, 0.05) is 17.9 Å². The monoisotopic (exact) mass is 207 g/mol. The van der Waals surface area contributed by atoms with Gasteiger partial charge < -0.3 is 4.52 Å². The van der Waals surface area contributed by atoms with Gasteiger partial charge in [-0.3, -0.25) is 0 Å². The molecule has 0 radical (unpaired) electrons. The van der Waals surface area contributed by atoms with Crippen molar-refractivity contribution in [2.75, 3.05) is 0 Å². The Morgan fingerprint density at radius 1 is 1.13 bits per heavy atom. The van der Waals surface area contributed by atoms with Crippen LogP contribution in [0, 0.1) is 0 Å². The molecule has 84 valence electrons. The maximum absolute atomic E-state index is 5.44. The molecule has 0 bridgehead atoms. The van der Waals surface area contributed by atoms with Gasteiger partial charge in [-0.25, -0.2) is 0 Å². The van der Waals surface area contributed by atoms with E-state index < -0.39 is 0 Å². The van der Waals surface area contributed by atoms with Gasteiger partial charge in [-0.15, -0.1) is 0 Å². The summed E-state index contributed by atoms with van der Waals surface area (Å²) in [6, 6.07) is 0. The van der Waals surface area contributed by atoms with Crippen molar-refractivity contribution in [2.24, 2.45) is 0 Å². The van der Waals surface area contributed by atoms with E-state index in [2.05, 4.69) is 19.0 Å². The molecular weight excluding hydrogens is 186 g/mol. The Bertz CT molecular complexity index is 310. The van der Waals surface area contributed by atoms with E-state index in [-0.39, 0.29) is 0 Å². The molecule has 0 unspecified atom stereocenters. The highest BCUT2D eigenvalue weighted by Crippen LogP contribution is 2.34. The van der Waals surface area contributed by atoms with Gasteiger partial charge in [-0.1, -0.05) is 38.3 Å². The summed E-state index contributed by atoms with van der Waals surface area (Å²) in [6.45, 7) is 4.35. The summed E-state index contributed by atoms with van der Waals surface area (Å²) in [5.74, 6) is 1.79. The Hall–Kier alpha value is -0.790. The molecule has 1 aromatic heterocycles. The zero-order valence-corrected chi connectivity index (χ0v) is 9.88. The van der Waals surface area contributed by atoms with E-state index in [9.17, 15) is 0 Å². The maximum Gasteiger partial charge on any atom is 0.139 e. The van der Waals surface area contributed by atoms with Gasteiger partial charge in [0.15, 0.2) is 0 Å². The van der Waals surface area contributed by atoms with Crippen LogP contribution in [0.15, 0.2) is 4.52 Å². The third-order valence-electron chi connectivity index (χ3n) is 3.57. The lowest BCUT2D eigenvalue weighted by atomic mass is 9.85. The standard InChI is InChI=1S/C13H21NO/c1-3-11-12(4-2)15-14-13(11)10-8-6-5-7-9-10/h10H,3-9H2,1-2H3. The van der Waals surface area contributed by atoms with Crippen LogP contribution in [-0.2, 0) is 12.8 Å². The molecule has 0 aliphatic heterocycles. The van der Waals surface area contributed by atoms with Crippen molar-refractivity contribution < 1.29 is 4.52 Å². The SMILES string of the molecule is CCc1onc(C2CCCCC2)c1CC. The third kappa shape index (κ3) is 2.09. The molecule has 0 N–H and O–H groups in total. The molecule has 2 nitrogen and oxygen atoms in total. The van der Waals surface area contributed by atoms with E-state index in [4.69, 9.17) is 4.52 Å². The number of rotatable bonds is 3. The van der Waals surface area contributed by atoms with E-state index in [1.54, 1.807) is 0 Å². The maximum atomic E-state index is 5.44. The molecule has 1 heterocycles. The molecule has 1 fully saturated rings. The molecule has 0 saturated heterocycles. The first kappa shape index (κ1) is 10.7. The number of aromatic nitrogens is 1. The zero-order valence-electron chi connectivity index (χ0n) is 9.88. The van der Waals surface area contributed by atoms with Gasteiger partial charge in [0.2, 0.25) is 0 Å². The quantitative estimate of drug-likeness (QED) is 0.752. The highest BCUT2D eigenvalue weighted by molar-refractivity contribution is 5.26. The van der Waals surface area contributed by atoms with Crippen molar-refractivity contribution in [2.45, 2.75) is 64.7 Å². The Morgan fingerprint density at radius 2 is 1.87 bits per heavy atom. The molecule has 0 aromatic carbocycles. The molecule has 1 aliphatic rings. The second-order valence-corrected chi connectivity index (χ2v) is 4.51. The predicted octanol–water partition coefficient (Wildman–Crippen LogP) is 3.85. The fourth-order valence-corrected chi connectivity index (χ4v) is 2.71. The molecule has 0 spiro atoms. The Kier molecular flexibility index (Phi) is 3.45. The highest BCUT2D eigenvalue weighted by Gasteiger charge is 2.23. The van der Waals surface area contributed by atoms with Crippen molar-refractivity contribution >= 4 is 0 Å². The Labute approximate surface area is 92.0 Å². The largest absolute Gasteiger partial charge is 0.361 e. The van der Waals surface area contributed by atoms with Gasteiger partial charge in [0.1, 0.15) is 5.76 Å². The van der Waals surface area contributed by atoms with Crippen molar-refractivity contribution in [3.63, 3.8) is 0 Å². The second kappa shape index (κ2) is 4.82. The van der Waals surface area contributed by atoms with Crippen molar-refractivity contribution in [1.29, 1.82) is 0 Å². The number of aryl methyl sites for hydroxylation is 1. The van der Waals surface area contributed by atoms with Gasteiger partial charge in [0.25, 0.3) is 0 Å².